The van der Waals surface area contributed by atoms with E-state index < -0.39 is 9.84 Å². The molecule has 1 fully saturated rings. The van der Waals surface area contributed by atoms with Crippen LogP contribution in [0, 0.1) is 11.8 Å². The number of hydrogen-bond acceptors (Lipinski definition) is 3. The van der Waals surface area contributed by atoms with Gasteiger partial charge in [-0.15, -0.1) is 0 Å². The Morgan fingerprint density at radius 2 is 1.94 bits per heavy atom. The smallest absolute Gasteiger partial charge is 0.147 e. The summed E-state index contributed by atoms with van der Waals surface area (Å²) < 4.78 is 22.2. The maximum atomic E-state index is 11.1. The average molecular weight is 261 g/mol. The first-order valence-corrected chi connectivity index (χ1v) is 8.79. The molecule has 4 unspecified atom stereocenters. The number of hydrogen-bond donors (Lipinski definition) is 1. The van der Waals surface area contributed by atoms with Crippen LogP contribution in [0.25, 0.3) is 0 Å². The molecule has 4 atom stereocenters. The highest BCUT2D eigenvalue weighted by molar-refractivity contribution is 7.90. The van der Waals surface area contributed by atoms with Crippen LogP contribution in [0.3, 0.4) is 0 Å². The van der Waals surface area contributed by atoms with Crippen LogP contribution in [0.4, 0.5) is 0 Å². The van der Waals surface area contributed by atoms with Crippen molar-refractivity contribution in [3.05, 3.63) is 0 Å². The largest absolute Gasteiger partial charge is 0.311 e. The molecule has 0 aromatic rings. The topological polar surface area (TPSA) is 46.2 Å². The van der Waals surface area contributed by atoms with Crippen molar-refractivity contribution < 1.29 is 8.42 Å². The van der Waals surface area contributed by atoms with Gasteiger partial charge in [-0.2, -0.15) is 0 Å². The molecular formula is C13H27NO2S. The minimum Gasteiger partial charge on any atom is -0.311 e. The highest BCUT2D eigenvalue weighted by Crippen LogP contribution is 2.29. The van der Waals surface area contributed by atoms with E-state index in [1.54, 1.807) is 0 Å². The summed E-state index contributed by atoms with van der Waals surface area (Å²) in [4.78, 5) is 0. The molecule has 0 aliphatic heterocycles. The molecule has 102 valence electrons. The van der Waals surface area contributed by atoms with Crippen LogP contribution in [0.5, 0.6) is 0 Å². The molecule has 0 amide bonds. The molecule has 0 saturated heterocycles. The lowest BCUT2D eigenvalue weighted by molar-refractivity contribution is 0.195. The van der Waals surface area contributed by atoms with Crippen LogP contribution in [0.15, 0.2) is 0 Å². The van der Waals surface area contributed by atoms with Gasteiger partial charge in [0.15, 0.2) is 0 Å². The third kappa shape index (κ3) is 5.38. The first-order chi connectivity index (χ1) is 7.79. The van der Waals surface area contributed by atoms with Gasteiger partial charge in [0.1, 0.15) is 9.84 Å². The third-order valence-electron chi connectivity index (χ3n) is 4.13. The van der Waals surface area contributed by atoms with Gasteiger partial charge in [0.25, 0.3) is 0 Å². The molecule has 0 heterocycles. The number of rotatable bonds is 5. The molecule has 1 saturated carbocycles. The Kier molecular flexibility index (Phi) is 5.45. The van der Waals surface area contributed by atoms with Crippen molar-refractivity contribution in [3.8, 4) is 0 Å². The summed E-state index contributed by atoms with van der Waals surface area (Å²) >= 11 is 0. The zero-order chi connectivity index (χ0) is 13.1. The first-order valence-electron chi connectivity index (χ1n) is 6.73. The van der Waals surface area contributed by atoms with Crippen LogP contribution in [0.2, 0.25) is 0 Å². The third-order valence-corrected chi connectivity index (χ3v) is 5.10. The van der Waals surface area contributed by atoms with Crippen LogP contribution in [-0.2, 0) is 9.84 Å². The lowest BCUT2D eigenvalue weighted by atomic mass is 9.78. The van der Waals surface area contributed by atoms with Crippen molar-refractivity contribution in [2.45, 2.75) is 58.5 Å². The van der Waals surface area contributed by atoms with Crippen molar-refractivity contribution >= 4 is 9.84 Å². The van der Waals surface area contributed by atoms with Gasteiger partial charge in [0.2, 0.25) is 0 Å². The van der Waals surface area contributed by atoms with Crippen LogP contribution in [-0.4, -0.2) is 32.5 Å². The van der Waals surface area contributed by atoms with Crippen LogP contribution in [0.1, 0.15) is 46.5 Å². The standard InChI is InChI=1S/C13H27NO2S/c1-10-6-5-7-13(12(10)3)14-11(2)8-9-17(4,15)16/h10-14H,5-9H2,1-4H3. The van der Waals surface area contributed by atoms with Gasteiger partial charge in [0, 0.05) is 18.3 Å². The predicted molar refractivity (Wildman–Crippen MR) is 72.9 cm³/mol. The van der Waals surface area contributed by atoms with Gasteiger partial charge in [0.05, 0.1) is 5.75 Å². The molecule has 0 aromatic carbocycles. The number of sulfone groups is 1. The van der Waals surface area contributed by atoms with E-state index in [4.69, 9.17) is 0 Å². The molecule has 17 heavy (non-hydrogen) atoms. The molecule has 1 N–H and O–H groups in total. The SMILES string of the molecule is CC(CCS(C)(=O)=O)NC1CCCC(C)C1C. The van der Waals surface area contributed by atoms with Crippen molar-refractivity contribution in [2.24, 2.45) is 11.8 Å². The minimum absolute atomic E-state index is 0.290. The average Bonchev–Trinajstić information content (AvgIpc) is 2.21. The van der Waals surface area contributed by atoms with E-state index >= 15 is 0 Å². The van der Waals surface area contributed by atoms with Crippen molar-refractivity contribution in [1.29, 1.82) is 0 Å². The van der Waals surface area contributed by atoms with Crippen LogP contribution < -0.4 is 5.32 Å². The summed E-state index contributed by atoms with van der Waals surface area (Å²) in [6.45, 7) is 6.72. The Morgan fingerprint density at radius 3 is 2.53 bits per heavy atom. The molecule has 1 aliphatic rings. The van der Waals surface area contributed by atoms with Crippen molar-refractivity contribution in [3.63, 3.8) is 0 Å². The maximum Gasteiger partial charge on any atom is 0.147 e. The normalized spacial score (nSPS) is 32.4. The Balaban J connectivity index is 2.37. The summed E-state index contributed by atoms with van der Waals surface area (Å²) in [5.41, 5.74) is 0. The summed E-state index contributed by atoms with van der Waals surface area (Å²) in [6, 6.07) is 0.857. The fourth-order valence-corrected chi connectivity index (χ4v) is 3.44. The quantitative estimate of drug-likeness (QED) is 0.825. The molecular weight excluding hydrogens is 234 g/mol. The second-order valence-electron chi connectivity index (χ2n) is 5.86. The predicted octanol–water partition coefficient (Wildman–Crippen LogP) is 2.22. The minimum atomic E-state index is -2.82. The zero-order valence-corrected chi connectivity index (χ0v) is 12.4. The van der Waals surface area contributed by atoms with Crippen molar-refractivity contribution in [2.75, 3.05) is 12.0 Å². The summed E-state index contributed by atoms with van der Waals surface area (Å²) in [5.74, 6) is 1.77. The fraction of sp³-hybridized carbons (Fsp3) is 1.00. The van der Waals surface area contributed by atoms with Crippen LogP contribution >= 0.6 is 0 Å². The van der Waals surface area contributed by atoms with Crippen molar-refractivity contribution in [1.82, 2.24) is 5.32 Å². The lowest BCUT2D eigenvalue weighted by Crippen LogP contribution is -2.45. The maximum absolute atomic E-state index is 11.1. The zero-order valence-electron chi connectivity index (χ0n) is 11.6. The molecule has 1 aliphatic carbocycles. The van der Waals surface area contributed by atoms with Gasteiger partial charge < -0.3 is 5.32 Å². The highest BCUT2D eigenvalue weighted by atomic mass is 32.2. The molecule has 0 radical (unpaired) electrons. The second-order valence-corrected chi connectivity index (χ2v) is 8.12. The summed E-state index contributed by atoms with van der Waals surface area (Å²) in [6.07, 6.45) is 5.88. The Labute approximate surface area is 106 Å². The highest BCUT2D eigenvalue weighted by Gasteiger charge is 2.27. The Hall–Kier alpha value is -0.0900. The van der Waals surface area contributed by atoms with E-state index in [-0.39, 0.29) is 5.75 Å². The lowest BCUT2D eigenvalue weighted by Gasteiger charge is -2.36. The second kappa shape index (κ2) is 6.19. The van der Waals surface area contributed by atoms with E-state index in [2.05, 4.69) is 26.1 Å². The van der Waals surface area contributed by atoms with E-state index in [1.807, 2.05) is 0 Å². The fourth-order valence-electron chi connectivity index (χ4n) is 2.66. The monoisotopic (exact) mass is 261 g/mol. The van der Waals surface area contributed by atoms with Gasteiger partial charge in [-0.05, 0) is 31.6 Å². The first kappa shape index (κ1) is 15.0. The molecule has 0 spiro atoms. The molecule has 0 bridgehead atoms. The summed E-state index contributed by atoms with van der Waals surface area (Å²) in [5, 5.41) is 3.61. The molecule has 3 nitrogen and oxygen atoms in total. The van der Waals surface area contributed by atoms with E-state index in [1.165, 1.54) is 25.5 Å². The number of nitrogens with one attached hydrogen (secondary N) is 1. The Morgan fingerprint density at radius 1 is 1.29 bits per heavy atom. The van der Waals surface area contributed by atoms with Gasteiger partial charge in [-0.25, -0.2) is 8.42 Å². The molecule has 0 aromatic heterocycles. The van der Waals surface area contributed by atoms with E-state index in [0.29, 0.717) is 18.0 Å². The molecule has 1 rings (SSSR count). The van der Waals surface area contributed by atoms with E-state index in [0.717, 1.165) is 12.3 Å². The van der Waals surface area contributed by atoms with Gasteiger partial charge in [-0.3, -0.25) is 0 Å². The van der Waals surface area contributed by atoms with Gasteiger partial charge >= 0.3 is 0 Å². The van der Waals surface area contributed by atoms with Gasteiger partial charge in [-0.1, -0.05) is 26.7 Å². The molecule has 4 heteroatoms. The summed E-state index contributed by atoms with van der Waals surface area (Å²) in [7, 11) is -2.82. The van der Waals surface area contributed by atoms with E-state index in [9.17, 15) is 8.42 Å². The Bertz CT molecular complexity index is 326.